The van der Waals surface area contributed by atoms with Crippen molar-refractivity contribution in [3.05, 3.63) is 28.0 Å². The van der Waals surface area contributed by atoms with Gasteiger partial charge in [-0.3, -0.25) is 4.98 Å². The molecule has 0 radical (unpaired) electrons. The minimum absolute atomic E-state index is 0. The topological polar surface area (TPSA) is 163 Å². The Balaban J connectivity index is -0.000000189. The molecule has 7 N–H and O–H groups in total. The van der Waals surface area contributed by atoms with Crippen LogP contribution in [0.5, 0.6) is 0 Å². The zero-order valence-corrected chi connectivity index (χ0v) is 10.6. The quantitative estimate of drug-likeness (QED) is 0.483. The fraction of sp³-hybridized carbons (Fsp3) is 0. The normalized spacial score (nSPS) is 7.18. The third-order valence-electron chi connectivity index (χ3n) is 0.723. The Morgan fingerprint density at radius 1 is 1.18 bits per heavy atom. The molecule has 0 unspecified atom stereocenters. The molecule has 0 fully saturated rings. The summed E-state index contributed by atoms with van der Waals surface area (Å²) in [6, 6.07) is 1.79. The van der Waals surface area contributed by atoms with Crippen LogP contribution in [0.4, 0.5) is 9.59 Å². The summed E-state index contributed by atoms with van der Waals surface area (Å²) in [6.45, 7) is 0. The Hall–Kier alpha value is -1.58. The lowest BCUT2D eigenvalue weighted by atomic mass is 10.5. The van der Waals surface area contributed by atoms with Gasteiger partial charge in [0, 0.05) is 16.9 Å². The monoisotopic (exact) mass is 332 g/mol. The number of hydrogen-bond donors (Lipinski definition) is 5. The molecule has 0 aliphatic heterocycles. The van der Waals surface area contributed by atoms with Gasteiger partial charge < -0.3 is 26.6 Å². The number of aromatic nitrogens is 1. The first-order chi connectivity index (χ1) is 7.27. The van der Waals surface area contributed by atoms with Gasteiger partial charge in [-0.05, 0) is 22.0 Å². The van der Waals surface area contributed by atoms with Gasteiger partial charge in [0.15, 0.2) is 0 Å². The fourth-order valence-electron chi connectivity index (χ4n) is 0.358. The predicted molar refractivity (Wildman–Crippen MR) is 63.3 cm³/mol. The van der Waals surface area contributed by atoms with Crippen molar-refractivity contribution in [1.29, 1.82) is 0 Å². The highest BCUT2D eigenvalue weighted by molar-refractivity contribution is 9.10. The van der Waals surface area contributed by atoms with Crippen LogP contribution in [0.15, 0.2) is 22.9 Å². The van der Waals surface area contributed by atoms with E-state index in [1.54, 1.807) is 18.5 Å². The second-order valence-corrected chi connectivity index (χ2v) is 3.12. The zero-order valence-electron chi connectivity index (χ0n) is 8.25. The number of pyridine rings is 1. The maximum atomic E-state index is 8.56. The molecule has 0 saturated heterocycles. The van der Waals surface area contributed by atoms with Crippen LogP contribution < -0.4 is 6.15 Å². The first kappa shape index (κ1) is 20.8. The van der Waals surface area contributed by atoms with E-state index in [1.165, 1.54) is 0 Å². The second-order valence-electron chi connectivity index (χ2n) is 1.85. The van der Waals surface area contributed by atoms with Crippen molar-refractivity contribution in [2.24, 2.45) is 0 Å². The number of halogens is 2. The first-order valence-electron chi connectivity index (χ1n) is 3.36. The second kappa shape index (κ2) is 12.5. The molecule has 0 amide bonds. The Morgan fingerprint density at radius 3 is 1.71 bits per heavy atom. The van der Waals surface area contributed by atoms with Gasteiger partial charge >= 0.3 is 12.3 Å². The fourth-order valence-corrected chi connectivity index (χ4v) is 0.698. The Labute approximate surface area is 109 Å². The smallest absolute Gasteiger partial charge is 0.450 e. The van der Waals surface area contributed by atoms with E-state index in [9.17, 15) is 0 Å². The Bertz CT molecular complexity index is 310. The molecule has 0 spiro atoms. The van der Waals surface area contributed by atoms with E-state index in [-0.39, 0.29) is 6.15 Å². The standard InChI is InChI=1S/C5H3BrClN.2CH2O3.H3N/c6-4-1-2-8-3-5(4)7;2*2-1(3)4;/h1-3H;2*(H2,2,3,4);1H3. The van der Waals surface area contributed by atoms with E-state index < -0.39 is 12.3 Å². The summed E-state index contributed by atoms with van der Waals surface area (Å²) in [5.41, 5.74) is 0. The van der Waals surface area contributed by atoms with E-state index in [1.807, 2.05) is 0 Å². The molecule has 0 bridgehead atoms. The molecule has 98 valence electrons. The molecule has 0 aromatic carbocycles. The van der Waals surface area contributed by atoms with Crippen LogP contribution in [0.2, 0.25) is 5.02 Å². The third-order valence-corrected chi connectivity index (χ3v) is 1.94. The minimum atomic E-state index is -1.83. The van der Waals surface area contributed by atoms with Crippen molar-refractivity contribution in [2.75, 3.05) is 0 Å². The number of hydrogen-bond acceptors (Lipinski definition) is 4. The van der Waals surface area contributed by atoms with E-state index in [4.69, 9.17) is 41.6 Å². The molecule has 1 aromatic rings. The molecular formula is C7H10BrClN2O6. The van der Waals surface area contributed by atoms with Crippen molar-refractivity contribution >= 4 is 39.8 Å². The van der Waals surface area contributed by atoms with Gasteiger partial charge in [0.05, 0.1) is 5.02 Å². The van der Waals surface area contributed by atoms with Crippen LogP contribution in [0.3, 0.4) is 0 Å². The predicted octanol–water partition coefficient (Wildman–Crippen LogP) is 3.10. The van der Waals surface area contributed by atoms with Gasteiger partial charge in [-0.2, -0.15) is 0 Å². The van der Waals surface area contributed by atoms with E-state index >= 15 is 0 Å². The van der Waals surface area contributed by atoms with Crippen molar-refractivity contribution in [3.63, 3.8) is 0 Å². The van der Waals surface area contributed by atoms with Crippen molar-refractivity contribution in [1.82, 2.24) is 11.1 Å². The SMILES string of the molecule is Clc1cnccc1Br.N.O=C(O)O.O=C(O)O. The summed E-state index contributed by atoms with van der Waals surface area (Å²) < 4.78 is 0.883. The van der Waals surface area contributed by atoms with Gasteiger partial charge in [-0.1, -0.05) is 11.6 Å². The molecular weight excluding hydrogens is 323 g/mol. The van der Waals surface area contributed by atoms with Crippen molar-refractivity contribution in [3.8, 4) is 0 Å². The van der Waals surface area contributed by atoms with Crippen molar-refractivity contribution < 1.29 is 30.0 Å². The van der Waals surface area contributed by atoms with Crippen LogP contribution in [-0.2, 0) is 0 Å². The van der Waals surface area contributed by atoms with E-state index in [0.29, 0.717) is 5.02 Å². The van der Waals surface area contributed by atoms with Crippen LogP contribution >= 0.6 is 27.5 Å². The summed E-state index contributed by atoms with van der Waals surface area (Å²) in [5, 5.41) is 28.5. The van der Waals surface area contributed by atoms with Gasteiger partial charge in [0.25, 0.3) is 0 Å². The molecule has 0 aliphatic carbocycles. The molecule has 1 aromatic heterocycles. The molecule has 1 heterocycles. The molecule has 0 aliphatic rings. The number of carbonyl (C=O) groups is 2. The van der Waals surface area contributed by atoms with E-state index in [0.717, 1.165) is 4.47 Å². The maximum absolute atomic E-state index is 8.56. The van der Waals surface area contributed by atoms with Crippen LogP contribution in [0, 0.1) is 0 Å². The summed E-state index contributed by atoms with van der Waals surface area (Å²) in [7, 11) is 0. The van der Waals surface area contributed by atoms with Gasteiger partial charge in [-0.15, -0.1) is 0 Å². The molecule has 0 atom stereocenters. The number of rotatable bonds is 0. The molecule has 10 heteroatoms. The summed E-state index contributed by atoms with van der Waals surface area (Å²) in [6.07, 6.45) is -0.401. The summed E-state index contributed by atoms with van der Waals surface area (Å²) >= 11 is 8.82. The van der Waals surface area contributed by atoms with Gasteiger partial charge in [0.2, 0.25) is 0 Å². The van der Waals surface area contributed by atoms with Crippen LogP contribution in [-0.4, -0.2) is 37.7 Å². The lowest BCUT2D eigenvalue weighted by Crippen LogP contribution is -1.81. The summed E-state index contributed by atoms with van der Waals surface area (Å²) in [4.78, 5) is 20.9. The number of carboxylic acid groups (broad SMARTS) is 4. The number of nitrogens with zero attached hydrogens (tertiary/aromatic N) is 1. The molecule has 1 rings (SSSR count). The van der Waals surface area contributed by atoms with E-state index in [2.05, 4.69) is 20.9 Å². The average molecular weight is 334 g/mol. The highest BCUT2D eigenvalue weighted by atomic mass is 79.9. The summed E-state index contributed by atoms with van der Waals surface area (Å²) in [5.74, 6) is 0. The average Bonchev–Trinajstić information content (AvgIpc) is 2.08. The zero-order chi connectivity index (χ0) is 13.1. The largest absolute Gasteiger partial charge is 0.503 e. The minimum Gasteiger partial charge on any atom is -0.450 e. The molecule has 8 nitrogen and oxygen atoms in total. The Morgan fingerprint density at radius 2 is 1.53 bits per heavy atom. The van der Waals surface area contributed by atoms with Crippen LogP contribution in [0.25, 0.3) is 0 Å². The lowest BCUT2D eigenvalue weighted by Gasteiger charge is -1.88. The lowest BCUT2D eigenvalue weighted by molar-refractivity contribution is 0.135. The maximum Gasteiger partial charge on any atom is 0.503 e. The van der Waals surface area contributed by atoms with Crippen LogP contribution in [0.1, 0.15) is 0 Å². The highest BCUT2D eigenvalue weighted by Gasteiger charge is 1.89. The van der Waals surface area contributed by atoms with Gasteiger partial charge in [0.1, 0.15) is 0 Å². The molecule has 0 saturated carbocycles. The van der Waals surface area contributed by atoms with Gasteiger partial charge in [-0.25, -0.2) is 9.59 Å². The van der Waals surface area contributed by atoms with Crippen molar-refractivity contribution in [2.45, 2.75) is 0 Å². The highest BCUT2D eigenvalue weighted by Crippen LogP contribution is 2.18. The third kappa shape index (κ3) is 25.1. The Kier molecular flexibility index (Phi) is 15.3. The molecule has 17 heavy (non-hydrogen) atoms. The first-order valence-corrected chi connectivity index (χ1v) is 4.53.